The van der Waals surface area contributed by atoms with Crippen molar-refractivity contribution >= 4 is 11.6 Å². The Morgan fingerprint density at radius 1 is 0.885 bits per heavy atom. The van der Waals surface area contributed by atoms with Crippen LogP contribution < -0.4 is 4.90 Å². The zero-order valence-corrected chi connectivity index (χ0v) is 16.7. The molecule has 1 fully saturated rings. The second-order valence-corrected chi connectivity index (χ2v) is 8.40. The van der Waals surface area contributed by atoms with E-state index < -0.39 is 0 Å². The third kappa shape index (κ3) is 3.92. The molecule has 138 valence electrons. The summed E-state index contributed by atoms with van der Waals surface area (Å²) >= 11 is 0. The van der Waals surface area contributed by atoms with Crippen molar-refractivity contribution in [3.63, 3.8) is 0 Å². The van der Waals surface area contributed by atoms with E-state index in [1.54, 1.807) is 0 Å². The molecule has 0 N–H and O–H groups in total. The van der Waals surface area contributed by atoms with Crippen molar-refractivity contribution in [2.45, 2.75) is 40.0 Å². The SMILES string of the molecule is Cc1ccc(N2CCN(C(=O)c3ccc(C(C)(C)C)cc3)CC2)c(C)c1. The van der Waals surface area contributed by atoms with Gasteiger partial charge in [-0.05, 0) is 48.6 Å². The molecule has 2 aromatic rings. The molecule has 0 bridgehead atoms. The lowest BCUT2D eigenvalue weighted by Crippen LogP contribution is -2.49. The predicted octanol–water partition coefficient (Wildman–Crippen LogP) is 4.56. The molecule has 3 rings (SSSR count). The minimum absolute atomic E-state index is 0.110. The van der Waals surface area contributed by atoms with Gasteiger partial charge in [-0.3, -0.25) is 4.79 Å². The Hall–Kier alpha value is -2.29. The molecule has 3 nitrogen and oxygen atoms in total. The number of amides is 1. The monoisotopic (exact) mass is 350 g/mol. The third-order valence-corrected chi connectivity index (χ3v) is 5.26. The number of carbonyl (C=O) groups is 1. The quantitative estimate of drug-likeness (QED) is 0.792. The van der Waals surface area contributed by atoms with E-state index in [0.717, 1.165) is 31.7 Å². The maximum absolute atomic E-state index is 12.8. The highest BCUT2D eigenvalue weighted by molar-refractivity contribution is 5.94. The second-order valence-electron chi connectivity index (χ2n) is 8.40. The highest BCUT2D eigenvalue weighted by Gasteiger charge is 2.23. The Balaban J connectivity index is 1.65. The number of hydrogen-bond donors (Lipinski definition) is 0. The highest BCUT2D eigenvalue weighted by Crippen LogP contribution is 2.24. The smallest absolute Gasteiger partial charge is 0.253 e. The summed E-state index contributed by atoms with van der Waals surface area (Å²) in [4.78, 5) is 17.2. The topological polar surface area (TPSA) is 23.6 Å². The Labute approximate surface area is 157 Å². The van der Waals surface area contributed by atoms with Crippen molar-refractivity contribution < 1.29 is 4.79 Å². The average molecular weight is 351 g/mol. The van der Waals surface area contributed by atoms with E-state index in [2.05, 4.69) is 69.9 Å². The maximum Gasteiger partial charge on any atom is 0.253 e. The third-order valence-electron chi connectivity index (χ3n) is 5.26. The first kappa shape index (κ1) is 18.5. The van der Waals surface area contributed by atoms with E-state index in [1.165, 1.54) is 22.4 Å². The van der Waals surface area contributed by atoms with Gasteiger partial charge in [0.05, 0.1) is 0 Å². The molecule has 0 spiro atoms. The summed E-state index contributed by atoms with van der Waals surface area (Å²) in [5, 5.41) is 0. The molecule has 26 heavy (non-hydrogen) atoms. The van der Waals surface area contributed by atoms with Gasteiger partial charge in [-0.25, -0.2) is 0 Å². The number of hydrogen-bond acceptors (Lipinski definition) is 2. The number of benzene rings is 2. The number of carbonyl (C=O) groups excluding carboxylic acids is 1. The van der Waals surface area contributed by atoms with Crippen LogP contribution in [0.1, 0.15) is 47.8 Å². The summed E-state index contributed by atoms with van der Waals surface area (Å²) < 4.78 is 0. The fourth-order valence-corrected chi connectivity index (χ4v) is 3.61. The van der Waals surface area contributed by atoms with Gasteiger partial charge in [0, 0.05) is 37.4 Å². The van der Waals surface area contributed by atoms with Crippen molar-refractivity contribution in [1.29, 1.82) is 0 Å². The summed E-state index contributed by atoms with van der Waals surface area (Å²) in [5.74, 6) is 0.144. The molecule has 0 aliphatic carbocycles. The first-order chi connectivity index (χ1) is 12.3. The minimum Gasteiger partial charge on any atom is -0.368 e. The molecule has 1 aliphatic rings. The molecule has 0 atom stereocenters. The van der Waals surface area contributed by atoms with Crippen LogP contribution in [0, 0.1) is 13.8 Å². The van der Waals surface area contributed by atoms with Crippen molar-refractivity contribution in [2.24, 2.45) is 0 Å². The standard InChI is InChI=1S/C23H30N2O/c1-17-6-11-21(18(2)16-17)24-12-14-25(15-13-24)22(26)19-7-9-20(10-8-19)23(3,4)5/h6-11,16H,12-15H2,1-5H3. The molecular formula is C23H30N2O. The number of nitrogens with zero attached hydrogens (tertiary/aromatic N) is 2. The molecule has 3 heteroatoms. The van der Waals surface area contributed by atoms with Crippen LogP contribution in [-0.2, 0) is 5.41 Å². The minimum atomic E-state index is 0.110. The number of anilines is 1. The van der Waals surface area contributed by atoms with Crippen molar-refractivity contribution in [3.05, 3.63) is 64.7 Å². The maximum atomic E-state index is 12.8. The van der Waals surface area contributed by atoms with Crippen LogP contribution in [0.5, 0.6) is 0 Å². The van der Waals surface area contributed by atoms with Crippen molar-refractivity contribution in [2.75, 3.05) is 31.1 Å². The summed E-state index contributed by atoms with van der Waals surface area (Å²) in [6.07, 6.45) is 0. The van der Waals surface area contributed by atoms with Crippen molar-refractivity contribution in [1.82, 2.24) is 4.90 Å². The second kappa shape index (κ2) is 7.14. The normalized spacial score (nSPS) is 15.3. The predicted molar refractivity (Wildman–Crippen MR) is 109 cm³/mol. The van der Waals surface area contributed by atoms with Gasteiger partial charge in [0.15, 0.2) is 0 Å². The summed E-state index contributed by atoms with van der Waals surface area (Å²) in [6, 6.07) is 14.7. The van der Waals surface area contributed by atoms with E-state index in [1.807, 2.05) is 17.0 Å². The van der Waals surface area contributed by atoms with E-state index in [-0.39, 0.29) is 11.3 Å². The fourth-order valence-electron chi connectivity index (χ4n) is 3.61. The summed E-state index contributed by atoms with van der Waals surface area (Å²) in [6.45, 7) is 14.2. The first-order valence-electron chi connectivity index (χ1n) is 9.48. The Kier molecular flexibility index (Phi) is 5.08. The van der Waals surface area contributed by atoms with Crippen LogP contribution in [0.3, 0.4) is 0 Å². The lowest BCUT2D eigenvalue weighted by atomic mass is 9.86. The van der Waals surface area contributed by atoms with Gasteiger partial charge in [-0.2, -0.15) is 0 Å². The van der Waals surface area contributed by atoms with Gasteiger partial charge in [0.2, 0.25) is 0 Å². The molecule has 0 unspecified atom stereocenters. The highest BCUT2D eigenvalue weighted by atomic mass is 16.2. The Morgan fingerprint density at radius 2 is 1.50 bits per heavy atom. The fraction of sp³-hybridized carbons (Fsp3) is 0.435. The van der Waals surface area contributed by atoms with Crippen LogP contribution >= 0.6 is 0 Å². The van der Waals surface area contributed by atoms with Crippen LogP contribution in [0.15, 0.2) is 42.5 Å². The number of rotatable bonds is 2. The largest absolute Gasteiger partial charge is 0.368 e. The molecule has 1 heterocycles. The Bertz CT molecular complexity index is 779. The summed E-state index contributed by atoms with van der Waals surface area (Å²) in [7, 11) is 0. The number of aryl methyl sites for hydroxylation is 2. The van der Waals surface area contributed by atoms with Crippen LogP contribution in [0.4, 0.5) is 5.69 Å². The molecule has 0 radical (unpaired) electrons. The molecule has 2 aromatic carbocycles. The van der Waals surface area contributed by atoms with Gasteiger partial charge in [0.1, 0.15) is 0 Å². The van der Waals surface area contributed by atoms with E-state index in [4.69, 9.17) is 0 Å². The number of piperazine rings is 1. The molecule has 0 saturated carbocycles. The molecule has 1 amide bonds. The van der Waals surface area contributed by atoms with Crippen LogP contribution in [-0.4, -0.2) is 37.0 Å². The van der Waals surface area contributed by atoms with Gasteiger partial charge >= 0.3 is 0 Å². The molecule has 0 aromatic heterocycles. The summed E-state index contributed by atoms with van der Waals surface area (Å²) in [5.41, 5.74) is 6.05. The Morgan fingerprint density at radius 3 is 2.04 bits per heavy atom. The molecular weight excluding hydrogens is 320 g/mol. The van der Waals surface area contributed by atoms with Crippen LogP contribution in [0.25, 0.3) is 0 Å². The van der Waals surface area contributed by atoms with Gasteiger partial charge in [-0.15, -0.1) is 0 Å². The van der Waals surface area contributed by atoms with Crippen molar-refractivity contribution in [3.8, 4) is 0 Å². The first-order valence-corrected chi connectivity index (χ1v) is 9.48. The van der Waals surface area contributed by atoms with Gasteiger partial charge in [0.25, 0.3) is 5.91 Å². The molecule has 1 saturated heterocycles. The zero-order valence-electron chi connectivity index (χ0n) is 16.7. The lowest BCUT2D eigenvalue weighted by molar-refractivity contribution is 0.0746. The molecule has 1 aliphatic heterocycles. The van der Waals surface area contributed by atoms with Crippen LogP contribution in [0.2, 0.25) is 0 Å². The van der Waals surface area contributed by atoms with E-state index in [0.29, 0.717) is 0 Å². The van der Waals surface area contributed by atoms with E-state index >= 15 is 0 Å². The van der Waals surface area contributed by atoms with Gasteiger partial charge in [-0.1, -0.05) is 50.6 Å². The average Bonchev–Trinajstić information content (AvgIpc) is 2.61. The lowest BCUT2D eigenvalue weighted by Gasteiger charge is -2.37. The zero-order chi connectivity index (χ0) is 18.9. The van der Waals surface area contributed by atoms with E-state index in [9.17, 15) is 4.79 Å². The van der Waals surface area contributed by atoms with Gasteiger partial charge < -0.3 is 9.80 Å².